The molecule has 0 radical (unpaired) electrons. The molecule has 10 atom stereocenters. The van der Waals surface area contributed by atoms with Gasteiger partial charge in [-0.05, 0) is 92.3 Å². The highest BCUT2D eigenvalue weighted by molar-refractivity contribution is 5.27. The molecule has 4 rings (SSSR count). The lowest BCUT2D eigenvalue weighted by Crippen LogP contribution is -2.55. The van der Waals surface area contributed by atoms with Crippen molar-refractivity contribution in [2.45, 2.75) is 111 Å². The third kappa shape index (κ3) is 3.52. The fourth-order valence-corrected chi connectivity index (χ4v) is 8.64. The Hall–Kier alpha value is -0.380. The first-order valence-electron chi connectivity index (χ1n) is 12.8. The molecular weight excluding hydrogens is 372 g/mol. The second-order valence-electron chi connectivity index (χ2n) is 12.4. The number of allylic oxidation sites excluding steroid dienone is 1. The van der Waals surface area contributed by atoms with Crippen molar-refractivity contribution >= 4 is 0 Å². The second-order valence-corrected chi connectivity index (χ2v) is 12.4. The summed E-state index contributed by atoms with van der Waals surface area (Å²) in [6, 6.07) is 0. The van der Waals surface area contributed by atoms with Crippen LogP contribution in [-0.2, 0) is 0 Å². The number of rotatable bonds is 5. The summed E-state index contributed by atoms with van der Waals surface area (Å²) in [7, 11) is 0. The zero-order valence-electron chi connectivity index (χ0n) is 20.0. The highest BCUT2D eigenvalue weighted by Crippen LogP contribution is 2.67. The normalized spacial score (nSPS) is 47.8. The van der Waals surface area contributed by atoms with Crippen LogP contribution < -0.4 is 0 Å². The molecule has 0 bridgehead atoms. The van der Waals surface area contributed by atoms with E-state index in [4.69, 9.17) is 0 Å². The van der Waals surface area contributed by atoms with Gasteiger partial charge in [0.05, 0.1) is 18.3 Å². The van der Waals surface area contributed by atoms with Crippen molar-refractivity contribution in [1.29, 1.82) is 0 Å². The molecule has 3 N–H and O–H groups in total. The van der Waals surface area contributed by atoms with Gasteiger partial charge in [0.25, 0.3) is 0 Å². The van der Waals surface area contributed by atoms with Gasteiger partial charge in [-0.2, -0.15) is 0 Å². The lowest BCUT2D eigenvalue weighted by Gasteiger charge is -2.59. The first kappa shape index (κ1) is 22.8. The first-order chi connectivity index (χ1) is 14.1. The van der Waals surface area contributed by atoms with E-state index in [0.717, 1.165) is 25.7 Å². The molecule has 0 aromatic rings. The van der Waals surface area contributed by atoms with Crippen LogP contribution in [-0.4, -0.2) is 33.6 Å². The van der Waals surface area contributed by atoms with Crippen LogP contribution in [0.1, 0.15) is 92.4 Å². The van der Waals surface area contributed by atoms with E-state index in [0.29, 0.717) is 47.3 Å². The monoisotopic (exact) mass is 418 g/mol. The van der Waals surface area contributed by atoms with Gasteiger partial charge in [-0.15, -0.1) is 0 Å². The highest BCUT2D eigenvalue weighted by Gasteiger charge is 2.61. The molecule has 0 heterocycles. The Morgan fingerprint density at radius 1 is 1.03 bits per heavy atom. The van der Waals surface area contributed by atoms with Gasteiger partial charge in [-0.3, -0.25) is 0 Å². The van der Waals surface area contributed by atoms with Gasteiger partial charge in [0, 0.05) is 11.8 Å². The maximum Gasteiger partial charge on any atom is 0.0658 e. The Labute approximate surface area is 184 Å². The van der Waals surface area contributed by atoms with Gasteiger partial charge in [0.2, 0.25) is 0 Å². The average Bonchev–Trinajstić information content (AvgIpc) is 3.04. The molecule has 0 saturated heterocycles. The standard InChI is InChI=1S/C27H46O3/c1-16(2)6-11-24(29)17(3)21-9-10-22-20-8-7-18-14-19(28)15-25(30)27(18,5)23(20)12-13-26(21,22)4/h7,16-17,19-25,28-30H,6,8-15H2,1-5H3/t17-,19+,20-,21+,22-,23-,24?,25?,26+,27-/m0/s1. The number of hydrogen-bond acceptors (Lipinski definition) is 3. The fourth-order valence-electron chi connectivity index (χ4n) is 8.64. The molecule has 3 heteroatoms. The number of aliphatic hydroxyl groups is 3. The number of fused-ring (bicyclic) bond motifs is 5. The quantitative estimate of drug-likeness (QED) is 0.529. The molecule has 0 aromatic heterocycles. The van der Waals surface area contributed by atoms with Gasteiger partial charge in [0.1, 0.15) is 0 Å². The molecule has 0 amide bonds. The molecule has 0 aromatic carbocycles. The third-order valence-corrected chi connectivity index (χ3v) is 10.5. The minimum atomic E-state index is -0.418. The lowest BCUT2D eigenvalue weighted by molar-refractivity contribution is -0.111. The fraction of sp³-hybridized carbons (Fsp3) is 0.926. The van der Waals surface area contributed by atoms with Crippen molar-refractivity contribution in [3.63, 3.8) is 0 Å². The maximum absolute atomic E-state index is 11.1. The van der Waals surface area contributed by atoms with Gasteiger partial charge in [-0.1, -0.05) is 46.3 Å². The predicted octanol–water partition coefficient (Wildman–Crippen LogP) is 5.33. The Morgan fingerprint density at radius 3 is 2.47 bits per heavy atom. The number of aliphatic hydroxyl groups excluding tert-OH is 3. The Kier molecular flexibility index (Phi) is 6.23. The molecule has 0 aliphatic heterocycles. The Morgan fingerprint density at radius 2 is 1.77 bits per heavy atom. The van der Waals surface area contributed by atoms with Crippen LogP contribution in [0.2, 0.25) is 0 Å². The van der Waals surface area contributed by atoms with Crippen LogP contribution >= 0.6 is 0 Å². The smallest absolute Gasteiger partial charge is 0.0658 e. The lowest BCUT2D eigenvalue weighted by atomic mass is 9.46. The van der Waals surface area contributed by atoms with Gasteiger partial charge in [0.15, 0.2) is 0 Å². The zero-order chi connectivity index (χ0) is 21.8. The molecule has 4 aliphatic rings. The van der Waals surface area contributed by atoms with Crippen molar-refractivity contribution in [2.75, 3.05) is 0 Å². The molecule has 172 valence electrons. The third-order valence-electron chi connectivity index (χ3n) is 10.5. The Balaban J connectivity index is 1.54. The summed E-state index contributed by atoms with van der Waals surface area (Å²) in [6.45, 7) is 11.6. The highest BCUT2D eigenvalue weighted by atomic mass is 16.3. The molecule has 0 spiro atoms. The second kappa shape index (κ2) is 8.19. The average molecular weight is 419 g/mol. The minimum Gasteiger partial charge on any atom is -0.393 e. The van der Waals surface area contributed by atoms with Crippen LogP contribution in [0, 0.1) is 46.3 Å². The van der Waals surface area contributed by atoms with Crippen LogP contribution in [0.15, 0.2) is 11.6 Å². The van der Waals surface area contributed by atoms with Crippen LogP contribution in [0.5, 0.6) is 0 Å². The van der Waals surface area contributed by atoms with Crippen LogP contribution in [0.3, 0.4) is 0 Å². The van der Waals surface area contributed by atoms with Crippen LogP contribution in [0.25, 0.3) is 0 Å². The van der Waals surface area contributed by atoms with Gasteiger partial charge >= 0.3 is 0 Å². The molecular formula is C27H46O3. The maximum atomic E-state index is 11.1. The molecule has 3 fully saturated rings. The molecule has 4 aliphatic carbocycles. The summed E-state index contributed by atoms with van der Waals surface area (Å²) < 4.78 is 0. The van der Waals surface area contributed by atoms with E-state index >= 15 is 0 Å². The predicted molar refractivity (Wildman–Crippen MR) is 122 cm³/mol. The van der Waals surface area contributed by atoms with E-state index in [1.807, 2.05) is 0 Å². The number of hydrogen-bond donors (Lipinski definition) is 3. The van der Waals surface area contributed by atoms with Crippen molar-refractivity contribution in [3.8, 4) is 0 Å². The van der Waals surface area contributed by atoms with E-state index < -0.39 is 6.10 Å². The zero-order valence-corrected chi connectivity index (χ0v) is 20.0. The summed E-state index contributed by atoms with van der Waals surface area (Å²) in [6.07, 6.45) is 10.8. The van der Waals surface area contributed by atoms with Crippen molar-refractivity contribution in [1.82, 2.24) is 0 Å². The largest absolute Gasteiger partial charge is 0.393 e. The molecule has 30 heavy (non-hydrogen) atoms. The van der Waals surface area contributed by atoms with Crippen molar-refractivity contribution < 1.29 is 15.3 Å². The molecule has 3 saturated carbocycles. The first-order valence-corrected chi connectivity index (χ1v) is 12.8. The minimum absolute atomic E-state index is 0.149. The Bertz CT molecular complexity index is 656. The topological polar surface area (TPSA) is 60.7 Å². The van der Waals surface area contributed by atoms with E-state index in [9.17, 15) is 15.3 Å². The van der Waals surface area contributed by atoms with Gasteiger partial charge in [-0.25, -0.2) is 0 Å². The van der Waals surface area contributed by atoms with E-state index in [1.165, 1.54) is 31.3 Å². The molecule has 2 unspecified atom stereocenters. The van der Waals surface area contributed by atoms with Gasteiger partial charge < -0.3 is 15.3 Å². The summed E-state index contributed by atoms with van der Waals surface area (Å²) in [5, 5.41) is 32.2. The van der Waals surface area contributed by atoms with E-state index in [1.54, 1.807) is 0 Å². The van der Waals surface area contributed by atoms with Crippen molar-refractivity contribution in [2.24, 2.45) is 46.3 Å². The summed E-state index contributed by atoms with van der Waals surface area (Å²) >= 11 is 0. The summed E-state index contributed by atoms with van der Waals surface area (Å²) in [5.74, 6) is 3.52. The summed E-state index contributed by atoms with van der Waals surface area (Å²) in [4.78, 5) is 0. The SMILES string of the molecule is CC(C)CCC(O)[C@@H](C)[C@H]1CC[C@H]2[C@@H]3CC=C4C[C@@H](O)CC(O)[C@]4(C)[C@H]3CC[C@]12C. The van der Waals surface area contributed by atoms with Crippen molar-refractivity contribution in [3.05, 3.63) is 11.6 Å². The molecule has 3 nitrogen and oxygen atoms in total. The van der Waals surface area contributed by atoms with E-state index in [2.05, 4.69) is 40.7 Å². The van der Waals surface area contributed by atoms with Crippen LogP contribution in [0.4, 0.5) is 0 Å². The summed E-state index contributed by atoms with van der Waals surface area (Å²) in [5.41, 5.74) is 1.50. The van der Waals surface area contributed by atoms with E-state index in [-0.39, 0.29) is 17.6 Å².